The van der Waals surface area contributed by atoms with E-state index in [0.717, 1.165) is 26.1 Å². The Morgan fingerprint density at radius 1 is 1.47 bits per heavy atom. The van der Waals surface area contributed by atoms with E-state index in [-0.39, 0.29) is 5.54 Å². The van der Waals surface area contributed by atoms with Crippen molar-refractivity contribution in [1.82, 2.24) is 10.2 Å². The Hall–Kier alpha value is -0.590. The van der Waals surface area contributed by atoms with E-state index in [0.29, 0.717) is 5.92 Å². The van der Waals surface area contributed by atoms with E-state index in [4.69, 9.17) is 0 Å². The molecule has 0 aromatic heterocycles. The number of hydrogen-bond acceptors (Lipinski definition) is 3. The molecule has 1 atom stereocenters. The molecule has 1 fully saturated rings. The number of nitriles is 1. The Morgan fingerprint density at radius 2 is 2.13 bits per heavy atom. The molecule has 1 aliphatic rings. The average Bonchev–Trinajstić information content (AvgIpc) is 3.01. The Morgan fingerprint density at radius 3 is 2.53 bits per heavy atom. The zero-order valence-electron chi connectivity index (χ0n) is 10.2. The molecule has 3 nitrogen and oxygen atoms in total. The van der Waals surface area contributed by atoms with Crippen LogP contribution in [0.4, 0.5) is 0 Å². The quantitative estimate of drug-likeness (QED) is 0.692. The maximum absolute atomic E-state index is 9.40. The van der Waals surface area contributed by atoms with Crippen LogP contribution in [0.15, 0.2) is 0 Å². The molecule has 1 rings (SSSR count). The van der Waals surface area contributed by atoms with E-state index < -0.39 is 0 Å². The first-order valence-electron chi connectivity index (χ1n) is 6.03. The van der Waals surface area contributed by atoms with E-state index in [2.05, 4.69) is 37.2 Å². The van der Waals surface area contributed by atoms with Gasteiger partial charge in [-0.05, 0) is 45.3 Å². The molecule has 1 aliphatic carbocycles. The van der Waals surface area contributed by atoms with Crippen molar-refractivity contribution in [1.29, 1.82) is 5.26 Å². The Kier molecular flexibility index (Phi) is 4.56. The maximum atomic E-state index is 9.40. The first kappa shape index (κ1) is 12.5. The lowest BCUT2D eigenvalue weighted by Gasteiger charge is -2.32. The molecule has 0 aromatic rings. The van der Waals surface area contributed by atoms with Gasteiger partial charge in [-0.2, -0.15) is 5.26 Å². The van der Waals surface area contributed by atoms with Crippen molar-refractivity contribution >= 4 is 0 Å². The molecule has 0 saturated heterocycles. The second-order valence-corrected chi connectivity index (χ2v) is 4.63. The van der Waals surface area contributed by atoms with Crippen molar-refractivity contribution in [2.24, 2.45) is 5.92 Å². The standard InChI is InChI=1S/C12H23N3/c1-4-8-15(3)10-12(9-13,14-5-2)11-6-7-11/h11,14H,4-8,10H2,1-3H3. The molecular formula is C12H23N3. The summed E-state index contributed by atoms with van der Waals surface area (Å²) in [6.07, 6.45) is 3.57. The summed E-state index contributed by atoms with van der Waals surface area (Å²) in [5.74, 6) is 0.571. The Balaban J connectivity index is 2.59. The third kappa shape index (κ3) is 3.19. The largest absolute Gasteiger partial charge is 0.303 e. The number of nitrogens with one attached hydrogen (secondary N) is 1. The van der Waals surface area contributed by atoms with E-state index >= 15 is 0 Å². The van der Waals surface area contributed by atoms with Gasteiger partial charge in [-0.1, -0.05) is 13.8 Å². The predicted octanol–water partition coefficient (Wildman–Crippen LogP) is 1.61. The van der Waals surface area contributed by atoms with Gasteiger partial charge < -0.3 is 4.90 Å². The third-order valence-electron chi connectivity index (χ3n) is 3.09. The highest BCUT2D eigenvalue weighted by atomic mass is 15.2. The van der Waals surface area contributed by atoms with Gasteiger partial charge in [0.1, 0.15) is 5.54 Å². The van der Waals surface area contributed by atoms with Crippen LogP contribution >= 0.6 is 0 Å². The summed E-state index contributed by atoms with van der Waals surface area (Å²) in [5, 5.41) is 12.8. The maximum Gasteiger partial charge on any atom is 0.122 e. The fourth-order valence-corrected chi connectivity index (χ4v) is 2.27. The van der Waals surface area contributed by atoms with Gasteiger partial charge >= 0.3 is 0 Å². The lowest BCUT2D eigenvalue weighted by atomic mass is 9.94. The van der Waals surface area contributed by atoms with Crippen molar-refractivity contribution in [2.45, 2.75) is 38.6 Å². The molecule has 0 bridgehead atoms. The monoisotopic (exact) mass is 209 g/mol. The minimum atomic E-state index is -0.293. The molecule has 1 saturated carbocycles. The topological polar surface area (TPSA) is 39.1 Å². The van der Waals surface area contributed by atoms with Gasteiger partial charge in [0.2, 0.25) is 0 Å². The predicted molar refractivity (Wildman–Crippen MR) is 62.5 cm³/mol. The smallest absolute Gasteiger partial charge is 0.122 e. The van der Waals surface area contributed by atoms with Crippen LogP contribution in [-0.2, 0) is 0 Å². The van der Waals surface area contributed by atoms with Crippen LogP contribution in [0.2, 0.25) is 0 Å². The first-order valence-corrected chi connectivity index (χ1v) is 6.03. The molecule has 0 amide bonds. The van der Waals surface area contributed by atoms with Gasteiger partial charge in [-0.15, -0.1) is 0 Å². The second-order valence-electron chi connectivity index (χ2n) is 4.63. The molecular weight excluding hydrogens is 186 g/mol. The van der Waals surface area contributed by atoms with Crippen LogP contribution in [0.3, 0.4) is 0 Å². The summed E-state index contributed by atoms with van der Waals surface area (Å²) < 4.78 is 0. The molecule has 0 radical (unpaired) electrons. The fourth-order valence-electron chi connectivity index (χ4n) is 2.27. The summed E-state index contributed by atoms with van der Waals surface area (Å²) in [7, 11) is 2.11. The molecule has 15 heavy (non-hydrogen) atoms. The van der Waals surface area contributed by atoms with Crippen molar-refractivity contribution in [3.8, 4) is 6.07 Å². The fraction of sp³-hybridized carbons (Fsp3) is 0.917. The Labute approximate surface area is 93.5 Å². The minimum Gasteiger partial charge on any atom is -0.303 e. The molecule has 86 valence electrons. The lowest BCUT2D eigenvalue weighted by Crippen LogP contribution is -2.53. The first-order chi connectivity index (χ1) is 7.18. The van der Waals surface area contributed by atoms with Gasteiger partial charge in [0.15, 0.2) is 0 Å². The van der Waals surface area contributed by atoms with Crippen molar-refractivity contribution in [3.05, 3.63) is 0 Å². The van der Waals surface area contributed by atoms with Gasteiger partial charge in [0.05, 0.1) is 6.07 Å². The van der Waals surface area contributed by atoms with Gasteiger partial charge in [-0.25, -0.2) is 0 Å². The van der Waals surface area contributed by atoms with Gasteiger partial charge in [0.25, 0.3) is 0 Å². The lowest BCUT2D eigenvalue weighted by molar-refractivity contribution is 0.230. The molecule has 1 N–H and O–H groups in total. The number of nitrogens with zero attached hydrogens (tertiary/aromatic N) is 2. The zero-order valence-corrected chi connectivity index (χ0v) is 10.2. The average molecular weight is 209 g/mol. The molecule has 0 aromatic carbocycles. The van der Waals surface area contributed by atoms with E-state index in [1.165, 1.54) is 12.8 Å². The van der Waals surface area contributed by atoms with E-state index in [1.807, 2.05) is 0 Å². The zero-order chi connectivity index (χ0) is 11.3. The molecule has 0 heterocycles. The Bertz CT molecular complexity index is 230. The molecule has 0 spiro atoms. The van der Waals surface area contributed by atoms with Crippen LogP contribution in [0.5, 0.6) is 0 Å². The molecule has 0 aliphatic heterocycles. The van der Waals surface area contributed by atoms with Gasteiger partial charge in [-0.3, -0.25) is 5.32 Å². The van der Waals surface area contributed by atoms with Crippen LogP contribution in [-0.4, -0.2) is 37.1 Å². The van der Waals surface area contributed by atoms with E-state index in [1.54, 1.807) is 0 Å². The van der Waals surface area contributed by atoms with Crippen molar-refractivity contribution < 1.29 is 0 Å². The van der Waals surface area contributed by atoms with Crippen molar-refractivity contribution in [2.75, 3.05) is 26.7 Å². The number of rotatable bonds is 7. The highest BCUT2D eigenvalue weighted by Crippen LogP contribution is 2.39. The second kappa shape index (κ2) is 5.48. The van der Waals surface area contributed by atoms with Crippen LogP contribution < -0.4 is 5.32 Å². The molecule has 3 heteroatoms. The summed E-state index contributed by atoms with van der Waals surface area (Å²) >= 11 is 0. The van der Waals surface area contributed by atoms with E-state index in [9.17, 15) is 5.26 Å². The summed E-state index contributed by atoms with van der Waals surface area (Å²) in [6.45, 7) is 7.06. The van der Waals surface area contributed by atoms with Crippen molar-refractivity contribution in [3.63, 3.8) is 0 Å². The van der Waals surface area contributed by atoms with Crippen LogP contribution in [0.25, 0.3) is 0 Å². The summed E-state index contributed by atoms with van der Waals surface area (Å²) in [6, 6.07) is 2.51. The number of hydrogen-bond donors (Lipinski definition) is 1. The summed E-state index contributed by atoms with van der Waals surface area (Å²) in [5.41, 5.74) is -0.293. The molecule has 1 unspecified atom stereocenters. The highest BCUT2D eigenvalue weighted by Gasteiger charge is 2.45. The SMILES string of the molecule is CCCN(C)CC(C#N)(NCC)C1CC1. The summed E-state index contributed by atoms with van der Waals surface area (Å²) in [4.78, 5) is 2.27. The van der Waals surface area contributed by atoms with Crippen LogP contribution in [0, 0.1) is 17.2 Å². The minimum absolute atomic E-state index is 0.293. The number of likely N-dealkylation sites (N-methyl/N-ethyl adjacent to an activating group) is 2. The van der Waals surface area contributed by atoms with Crippen LogP contribution in [0.1, 0.15) is 33.1 Å². The normalized spacial score (nSPS) is 19.9. The highest BCUT2D eigenvalue weighted by molar-refractivity contribution is 5.16. The van der Waals surface area contributed by atoms with Gasteiger partial charge in [0, 0.05) is 6.54 Å². The third-order valence-corrected chi connectivity index (χ3v) is 3.09.